The fourth-order valence-electron chi connectivity index (χ4n) is 22.1. The Labute approximate surface area is 754 Å². The van der Waals surface area contributed by atoms with E-state index in [9.17, 15) is 178 Å². The minimum atomic E-state index is -7.11. The van der Waals surface area contributed by atoms with Crippen LogP contribution in [0.15, 0.2) is 48.5 Å². The summed E-state index contributed by atoms with van der Waals surface area (Å²) in [6, 6.07) is -11.0. The van der Waals surface area contributed by atoms with Gasteiger partial charge in [-0.25, -0.2) is 56.3 Å². The van der Waals surface area contributed by atoms with Crippen LogP contribution in [0.25, 0.3) is 0 Å². The second-order valence-corrected chi connectivity index (χ2v) is 35.6. The first-order chi connectivity index (χ1) is 64.0. The summed E-state index contributed by atoms with van der Waals surface area (Å²) in [4.78, 5) is 146. The number of esters is 8. The lowest BCUT2D eigenvalue weighted by molar-refractivity contribution is -0.682. The van der Waals surface area contributed by atoms with Gasteiger partial charge in [-0.15, -0.1) is 46.6 Å². The quantitative estimate of drug-likeness (QED) is 0.0157. The number of cyclic esters (lactones) is 1. The molecule has 12 aliphatic carbocycles. The van der Waals surface area contributed by atoms with E-state index in [0.717, 1.165) is 13.0 Å². The Morgan fingerprint density at radius 2 is 0.826 bits per heavy atom. The fourth-order valence-corrected chi connectivity index (χ4v) is 22.1. The number of nitro groups is 4. The van der Waals surface area contributed by atoms with Crippen molar-refractivity contribution >= 4 is 59.7 Å². The first kappa shape index (κ1) is 100. The zero-order chi connectivity index (χ0) is 101. The molecule has 23 rings (SSSR count). The molecule has 18 unspecified atom stereocenters. The maximum Gasteiger partial charge on any atom is 0.613 e. The van der Waals surface area contributed by atoms with Gasteiger partial charge in [0.2, 0.25) is 40.9 Å². The van der Waals surface area contributed by atoms with E-state index in [0.29, 0.717) is 57.8 Å². The van der Waals surface area contributed by atoms with E-state index in [1.54, 1.807) is 0 Å². The van der Waals surface area contributed by atoms with Crippen LogP contribution in [0.5, 0.6) is 17.2 Å². The normalized spacial score (nSPS) is 36.4. The second-order valence-electron chi connectivity index (χ2n) is 35.6. The van der Waals surface area contributed by atoms with Crippen molar-refractivity contribution in [3.05, 3.63) is 129 Å². The number of ether oxygens (including phenoxy) is 16. The van der Waals surface area contributed by atoms with Gasteiger partial charge in [0, 0.05) is 42.4 Å². The predicted molar refractivity (Wildman–Crippen MR) is 382 cm³/mol. The van der Waals surface area contributed by atoms with Gasteiger partial charge in [0.05, 0.1) is 11.1 Å². The molecule has 20 fully saturated rings. The van der Waals surface area contributed by atoms with Gasteiger partial charge in [0.25, 0.3) is 0 Å². The molecule has 18 atom stereocenters. The summed E-state index contributed by atoms with van der Waals surface area (Å²) in [7, 11) is 0. The lowest BCUT2D eigenvalue weighted by Gasteiger charge is -2.62. The highest BCUT2D eigenvalue weighted by molar-refractivity contribution is 5.88. The number of aromatic carboxylic acids is 2. The Kier molecular flexibility index (Phi) is 25.3. The highest BCUT2D eigenvalue weighted by Gasteiger charge is 2.85. The molecule has 12 saturated carbocycles. The summed E-state index contributed by atoms with van der Waals surface area (Å²) >= 11 is 0. The highest BCUT2D eigenvalue weighted by Crippen LogP contribution is 2.70. The van der Waals surface area contributed by atoms with Gasteiger partial charge in [-0.1, -0.05) is 30.3 Å². The number of hydrogen-bond acceptors (Lipinski definition) is 37. The van der Waals surface area contributed by atoms with E-state index < -0.39 is 258 Å². The summed E-state index contributed by atoms with van der Waals surface area (Å²) in [6.45, 7) is 1.28. The number of hydrogen-bond donors (Lipinski definition) is 3. The Morgan fingerprint density at radius 3 is 1.20 bits per heavy atom. The third-order valence-corrected chi connectivity index (χ3v) is 27.1. The molecule has 0 aromatic heterocycles. The molecule has 20 aliphatic rings. The summed E-state index contributed by atoms with van der Waals surface area (Å²) in [5.41, 5.74) is -3.50. The zero-order valence-corrected chi connectivity index (χ0v) is 69.3. The molecule has 60 heteroatoms. The van der Waals surface area contributed by atoms with Crippen molar-refractivity contribution in [1.29, 1.82) is 0 Å². The van der Waals surface area contributed by atoms with Crippen molar-refractivity contribution in [2.24, 2.45) is 53.3 Å². The minimum absolute atomic E-state index is 0.0347. The van der Waals surface area contributed by atoms with Crippen LogP contribution in [0.1, 0.15) is 124 Å². The molecule has 3 spiro atoms. The molecule has 0 radical (unpaired) electrons. The largest absolute Gasteiger partial charge is 0.872 e. The van der Waals surface area contributed by atoms with Gasteiger partial charge >= 0.3 is 95.7 Å². The number of alkyl halides is 12. The van der Waals surface area contributed by atoms with Crippen LogP contribution in [0.4, 0.5) is 74.6 Å². The smallest absolute Gasteiger partial charge is 0.613 e. The number of carbonyl (C=O) groups is 10. The van der Waals surface area contributed by atoms with E-state index in [-0.39, 0.29) is 121 Å². The number of carboxylic acids is 2. The molecule has 0 amide bonds. The highest BCUT2D eigenvalue weighted by atomic mass is 19.3. The lowest BCUT2D eigenvalue weighted by Crippen LogP contribution is -2.66. The average molecular weight is 2010 g/mol. The maximum absolute atomic E-state index is 13.6. The summed E-state index contributed by atoms with van der Waals surface area (Å²) < 4.78 is 311. The maximum atomic E-state index is 13.6. The molecule has 8 saturated heterocycles. The molecular formula is C78H67F17N4O39-2. The number of aliphatic hydroxyl groups excluding tert-OH is 1. The summed E-state index contributed by atoms with van der Waals surface area (Å²) in [6.07, 6.45) is -4.49. The molecule has 3 N–H and O–H groups in total. The van der Waals surface area contributed by atoms with E-state index in [2.05, 4.69) is 4.74 Å². The average Bonchev–Trinajstić information content (AvgIpc) is 1.51. The van der Waals surface area contributed by atoms with Crippen LogP contribution in [0.3, 0.4) is 0 Å². The van der Waals surface area contributed by atoms with Gasteiger partial charge in [0.1, 0.15) is 61.4 Å². The monoisotopic (exact) mass is 2010 g/mol. The lowest BCUT2D eigenvalue weighted by atomic mass is 9.51. The summed E-state index contributed by atoms with van der Waals surface area (Å²) in [5.74, 6) is -51.8. The third kappa shape index (κ3) is 16.9. The van der Waals surface area contributed by atoms with Crippen LogP contribution in [-0.2, 0) is 109 Å². The zero-order valence-electron chi connectivity index (χ0n) is 69.3. The topological polar surface area (TPSA) is 598 Å². The predicted octanol–water partition coefficient (Wildman–Crippen LogP) is 6.13. The SMILES string of the molecule is CC(=O)OC1C(=O)OC2C3OC4(OC3OC12)C1CC2CC4CC(OC(=O)C(F)(F)[N+](=O)[O-])(C2)C1.O=C(O)c1ccc([O-])cc1.O=C(O)c1cccc([O-])c1.O=C(Oc1c(F)c(F)c(F)c(F)c1F)C(F)(F)C(F)(F)C(F)(F)[N+](=O)[O-].O=C1OC2C3OC4(OC3OC2C1O)C1CC2CC4CC(OC(=O)C(F)(F)[N+](=O)[O-])(C2)C1.O=C1OCC2OC3(OC12)C1CC2CC3CC(OC(=O)C(F)(F)[N+](=O)[O-])(C2)C1. The standard InChI is InChI=1S/C20H21F2NO11.C18H19F2NO10.C16H17F2NO8.C10F11NO4.2C7H6O3/c1-7(24)29-13-11-12(30-15(13)25)14-16(31-11)33-19(32-14)9-2-8-3-10(19)6-18(4-8,5-9)34-17(26)20(21,22)23(27)28;19-18(20,21(25)26)15(24)31-16-3-6-1-7(4-16)17(8(2-6)5-16)29-12-11-10(28-14(12)30-17)9(22)13(23)27-11;17-16(18,19(22)23)13(21)27-14-3-7-1-8(4-14)15(9(2-7)5-14)25-10-6-24-12(20)11(10)26-15;11-1-2(12)4(14)6(5(15)3(1)13)26-7(23)8(16,17)9(18,19)10(20,21)22(24)25;8-6-3-1-5(2-4-6)7(9)10;8-6-3-1-2-5(4-6)7(9)10/h8-14,16H,2-6H2,1H3;6-12,14,22H,1-5H2;7-11H,1-6H2;;2*1-4,8H,(H,9,10)/p-2. The van der Waals surface area contributed by atoms with Crippen molar-refractivity contribution in [2.75, 3.05) is 6.61 Å². The number of aliphatic hydroxyl groups is 1. The van der Waals surface area contributed by atoms with Gasteiger partial charge in [0.15, 0.2) is 66.6 Å². The van der Waals surface area contributed by atoms with Crippen molar-refractivity contribution in [1.82, 2.24) is 0 Å². The number of carbonyl (C=O) groups excluding carboxylic acids is 8. The third-order valence-electron chi connectivity index (χ3n) is 27.1. The van der Waals surface area contributed by atoms with Gasteiger partial charge in [-0.3, -0.25) is 45.3 Å². The molecule has 12 bridgehead atoms. The molecule has 3 aromatic rings. The van der Waals surface area contributed by atoms with Crippen LogP contribution >= 0.6 is 0 Å². The first-order valence-corrected chi connectivity index (χ1v) is 41.2. The molecule has 43 nitrogen and oxygen atoms in total. The Morgan fingerprint density at radius 1 is 0.442 bits per heavy atom. The number of rotatable bonds is 17. The number of carboxylic acid groups (broad SMARTS) is 2. The van der Waals surface area contributed by atoms with E-state index in [1.165, 1.54) is 42.5 Å². The molecule has 3 aromatic carbocycles. The van der Waals surface area contributed by atoms with Crippen molar-refractivity contribution in [2.45, 2.75) is 247 Å². The van der Waals surface area contributed by atoms with Gasteiger partial charge in [-0.2, -0.15) is 26.3 Å². The number of fused-ring (bicyclic) bond motifs is 7. The summed E-state index contributed by atoms with van der Waals surface area (Å²) in [5, 5.41) is 89.0. The molecule has 8 aliphatic heterocycles. The molecule has 8 heterocycles. The molecular weight excluding hydrogens is 1940 g/mol. The van der Waals surface area contributed by atoms with Crippen molar-refractivity contribution in [3.63, 3.8) is 0 Å². The van der Waals surface area contributed by atoms with E-state index >= 15 is 0 Å². The fraction of sp³-hybridized carbons (Fsp3) is 0.641. The van der Waals surface area contributed by atoms with Crippen molar-refractivity contribution in [3.8, 4) is 17.2 Å². The van der Waals surface area contributed by atoms with Gasteiger partial charge in [-0.05, 0) is 132 Å². The molecule has 138 heavy (non-hydrogen) atoms. The van der Waals surface area contributed by atoms with Crippen LogP contribution < -0.4 is 14.9 Å². The van der Waals surface area contributed by atoms with E-state index in [4.69, 9.17) is 81.3 Å². The Balaban J connectivity index is 0.000000131. The number of halogens is 17. The Hall–Kier alpha value is -12.0. The Bertz CT molecular complexity index is 5450. The van der Waals surface area contributed by atoms with Crippen LogP contribution in [0, 0.1) is 123 Å². The van der Waals surface area contributed by atoms with Gasteiger partial charge < -0.3 is 101 Å². The van der Waals surface area contributed by atoms with E-state index in [1.807, 2.05) is 0 Å². The van der Waals surface area contributed by atoms with Crippen molar-refractivity contribution < 1.29 is 244 Å². The first-order valence-electron chi connectivity index (χ1n) is 41.2. The molecule has 754 valence electrons. The number of nitrogens with zero attached hydrogens (tertiary/aromatic N) is 4. The van der Waals surface area contributed by atoms with Crippen LogP contribution in [-0.4, -0.2) is 245 Å². The van der Waals surface area contributed by atoms with Crippen LogP contribution in [0.2, 0.25) is 0 Å². The second kappa shape index (κ2) is 34.8. The number of benzene rings is 3. The minimum Gasteiger partial charge on any atom is -0.872 e.